The summed E-state index contributed by atoms with van der Waals surface area (Å²) >= 11 is 0. The summed E-state index contributed by atoms with van der Waals surface area (Å²) in [6.07, 6.45) is -5.74. The highest BCUT2D eigenvalue weighted by Gasteiger charge is 2.49. The highest BCUT2D eigenvalue weighted by Crippen LogP contribution is 2.44. The Kier molecular flexibility index (Phi) is 6.13. The second-order valence-corrected chi connectivity index (χ2v) is 11.9. The minimum absolute atomic E-state index is 0.0120. The van der Waals surface area contributed by atoms with Gasteiger partial charge in [-0.2, -0.15) is 13.2 Å². The molecule has 0 saturated carbocycles. The molecule has 5 nitrogen and oxygen atoms in total. The van der Waals surface area contributed by atoms with Crippen LogP contribution in [0.2, 0.25) is 18.1 Å². The maximum Gasteiger partial charge on any atom is 0.707 e. The summed E-state index contributed by atoms with van der Waals surface area (Å²) in [5, 5.41) is 17.2. The second kappa shape index (κ2) is 7.03. The van der Waals surface area contributed by atoms with Crippen LogP contribution in [0.15, 0.2) is 12.3 Å². The zero-order valence-electron chi connectivity index (χ0n) is 14.6. The molecule has 0 fully saturated rings. The molecule has 1 atom stereocenters. The lowest BCUT2D eigenvalue weighted by molar-refractivity contribution is -0.202. The van der Waals surface area contributed by atoms with E-state index in [0.717, 1.165) is 6.20 Å². The Bertz CT molecular complexity index is 576. The van der Waals surface area contributed by atoms with Gasteiger partial charge in [-0.15, -0.1) is 0 Å². The van der Waals surface area contributed by atoms with Gasteiger partial charge in [0.1, 0.15) is 5.75 Å². The Labute approximate surface area is 141 Å². The van der Waals surface area contributed by atoms with E-state index in [4.69, 9.17) is 14.5 Å². The van der Waals surface area contributed by atoms with Gasteiger partial charge in [-0.3, -0.25) is 4.98 Å². The smallest absolute Gasteiger partial charge is 0.510 e. The molecule has 0 radical (unpaired) electrons. The molecule has 1 rings (SSSR count). The van der Waals surface area contributed by atoms with Crippen LogP contribution in [0.3, 0.4) is 0 Å². The zero-order chi connectivity index (χ0) is 18.9. The van der Waals surface area contributed by atoms with Crippen molar-refractivity contribution in [2.45, 2.75) is 58.1 Å². The predicted octanol–water partition coefficient (Wildman–Crippen LogP) is 3.36. The molecule has 1 unspecified atom stereocenters. The van der Waals surface area contributed by atoms with Gasteiger partial charge in [0.15, 0.2) is 14.4 Å². The predicted molar refractivity (Wildman–Crippen MR) is 86.9 cm³/mol. The number of pyridine rings is 1. The molecule has 1 aromatic rings. The number of alkyl halides is 3. The first-order valence-electron chi connectivity index (χ1n) is 7.39. The first kappa shape index (κ1) is 20.9. The van der Waals surface area contributed by atoms with Gasteiger partial charge in [0.25, 0.3) is 0 Å². The van der Waals surface area contributed by atoms with E-state index in [9.17, 15) is 13.2 Å². The van der Waals surface area contributed by atoms with E-state index in [1.807, 2.05) is 20.8 Å². The van der Waals surface area contributed by atoms with E-state index < -0.39 is 33.0 Å². The molecule has 24 heavy (non-hydrogen) atoms. The SMILES string of the molecule is Cc1cc(C(O[Si](C)(C)C(C)(C)C)C(F)(F)F)ncc1OB(O)O. The molecule has 0 aliphatic heterocycles. The fourth-order valence-corrected chi connectivity index (χ4v) is 2.91. The van der Waals surface area contributed by atoms with Crippen LogP contribution in [0.25, 0.3) is 0 Å². The lowest BCUT2D eigenvalue weighted by Crippen LogP contribution is -2.44. The van der Waals surface area contributed by atoms with Crippen molar-refractivity contribution in [1.29, 1.82) is 0 Å². The van der Waals surface area contributed by atoms with Crippen LogP contribution in [-0.2, 0) is 4.43 Å². The van der Waals surface area contributed by atoms with E-state index in [2.05, 4.69) is 9.64 Å². The van der Waals surface area contributed by atoms with Crippen molar-refractivity contribution in [3.8, 4) is 5.75 Å². The van der Waals surface area contributed by atoms with Crippen molar-refractivity contribution in [2.24, 2.45) is 0 Å². The number of hydrogen-bond donors (Lipinski definition) is 2. The lowest BCUT2D eigenvalue weighted by Gasteiger charge is -2.39. The summed E-state index contributed by atoms with van der Waals surface area (Å²) in [4.78, 5) is 3.76. The van der Waals surface area contributed by atoms with Crippen LogP contribution in [-0.4, -0.2) is 36.8 Å². The molecule has 2 N–H and O–H groups in total. The van der Waals surface area contributed by atoms with E-state index in [1.165, 1.54) is 13.0 Å². The van der Waals surface area contributed by atoms with Gasteiger partial charge in [0, 0.05) is 0 Å². The number of nitrogens with zero attached hydrogens (tertiary/aromatic N) is 1. The number of aryl methyl sites for hydroxylation is 1. The molecular formula is C14H23BF3NO4Si. The van der Waals surface area contributed by atoms with Crippen LogP contribution < -0.4 is 4.65 Å². The fourth-order valence-electron chi connectivity index (χ4n) is 1.71. The Morgan fingerprint density at radius 1 is 1.21 bits per heavy atom. The minimum atomic E-state index is -4.62. The first-order valence-corrected chi connectivity index (χ1v) is 10.3. The van der Waals surface area contributed by atoms with Crippen LogP contribution in [0, 0.1) is 6.92 Å². The third-order valence-corrected chi connectivity index (χ3v) is 8.54. The van der Waals surface area contributed by atoms with Crippen molar-refractivity contribution >= 4 is 15.6 Å². The van der Waals surface area contributed by atoms with Crippen molar-refractivity contribution in [3.05, 3.63) is 23.5 Å². The number of aromatic nitrogens is 1. The number of hydrogen-bond acceptors (Lipinski definition) is 5. The topological polar surface area (TPSA) is 71.8 Å². The van der Waals surface area contributed by atoms with Gasteiger partial charge in [-0.05, 0) is 36.7 Å². The Balaban J connectivity index is 3.22. The molecular weight excluding hydrogens is 342 g/mol. The molecule has 1 heterocycles. The average Bonchev–Trinajstić information content (AvgIpc) is 2.35. The van der Waals surface area contributed by atoms with Crippen molar-refractivity contribution in [3.63, 3.8) is 0 Å². The van der Waals surface area contributed by atoms with E-state index in [-0.39, 0.29) is 11.4 Å². The van der Waals surface area contributed by atoms with E-state index in [0.29, 0.717) is 5.56 Å². The molecule has 0 amide bonds. The van der Waals surface area contributed by atoms with Crippen LogP contribution in [0.4, 0.5) is 13.2 Å². The Hall–Kier alpha value is -1.10. The van der Waals surface area contributed by atoms with Crippen molar-refractivity contribution in [2.75, 3.05) is 0 Å². The molecule has 0 aliphatic carbocycles. The van der Waals surface area contributed by atoms with E-state index in [1.54, 1.807) is 13.1 Å². The van der Waals surface area contributed by atoms with Gasteiger partial charge in [-0.1, -0.05) is 20.8 Å². The standard InChI is InChI=1S/C14H23BF3NO4Si/c1-9-7-10(19-8-11(9)22-15(20)21)12(14(16,17)18)23-24(5,6)13(2,3)4/h7-8,12,20-21H,1-6H3. The van der Waals surface area contributed by atoms with Gasteiger partial charge >= 0.3 is 13.5 Å². The molecule has 0 saturated heterocycles. The van der Waals surface area contributed by atoms with Gasteiger partial charge < -0.3 is 19.1 Å². The van der Waals surface area contributed by atoms with Crippen LogP contribution >= 0.6 is 0 Å². The molecule has 10 heteroatoms. The summed E-state index contributed by atoms with van der Waals surface area (Å²) in [7, 11) is -4.76. The van der Waals surface area contributed by atoms with Gasteiger partial charge in [0.2, 0.25) is 0 Å². The molecule has 0 spiro atoms. The summed E-state index contributed by atoms with van der Waals surface area (Å²) < 4.78 is 50.7. The van der Waals surface area contributed by atoms with Crippen molar-refractivity contribution < 1.29 is 32.3 Å². The third-order valence-electron chi connectivity index (χ3n) is 4.10. The summed E-state index contributed by atoms with van der Waals surface area (Å²) in [6.45, 7) is 10.5. The Morgan fingerprint density at radius 3 is 2.12 bits per heavy atom. The van der Waals surface area contributed by atoms with E-state index >= 15 is 0 Å². The first-order chi connectivity index (χ1) is 10.6. The van der Waals surface area contributed by atoms with Crippen LogP contribution in [0.5, 0.6) is 5.75 Å². The molecule has 0 aromatic carbocycles. The van der Waals surface area contributed by atoms with Crippen LogP contribution in [0.1, 0.15) is 38.1 Å². The molecule has 0 aliphatic rings. The summed E-state index contributed by atoms with van der Waals surface area (Å²) in [6, 6.07) is 1.18. The highest BCUT2D eigenvalue weighted by atomic mass is 28.4. The number of halogens is 3. The maximum atomic E-state index is 13.5. The molecule has 0 bridgehead atoms. The average molecular weight is 365 g/mol. The quantitative estimate of drug-likeness (QED) is 0.783. The maximum absolute atomic E-state index is 13.5. The van der Waals surface area contributed by atoms with Gasteiger partial charge in [-0.25, -0.2) is 0 Å². The third kappa shape index (κ3) is 5.20. The summed E-state index contributed by atoms with van der Waals surface area (Å²) in [5.74, 6) is -0.0120. The zero-order valence-corrected chi connectivity index (χ0v) is 15.6. The lowest BCUT2D eigenvalue weighted by atomic mass is 10.1. The van der Waals surface area contributed by atoms with Crippen molar-refractivity contribution in [1.82, 2.24) is 4.98 Å². The Morgan fingerprint density at radius 2 is 1.75 bits per heavy atom. The fraction of sp³-hybridized carbons (Fsp3) is 0.643. The number of rotatable bonds is 5. The monoisotopic (exact) mass is 365 g/mol. The molecule has 1 aromatic heterocycles. The van der Waals surface area contributed by atoms with Gasteiger partial charge in [0.05, 0.1) is 11.9 Å². The molecule has 136 valence electrons. The highest BCUT2D eigenvalue weighted by molar-refractivity contribution is 6.74. The minimum Gasteiger partial charge on any atom is -0.510 e. The normalized spacial score (nSPS) is 14.5. The second-order valence-electron chi connectivity index (χ2n) is 7.12. The largest absolute Gasteiger partial charge is 0.707 e. The summed E-state index contributed by atoms with van der Waals surface area (Å²) in [5.41, 5.74) is 0.00536.